The summed E-state index contributed by atoms with van der Waals surface area (Å²) in [5.74, 6) is 0. The van der Waals surface area contributed by atoms with Crippen molar-refractivity contribution in [1.82, 2.24) is 5.32 Å². The number of hydrogen-bond acceptors (Lipinski definition) is 1. The van der Waals surface area contributed by atoms with Gasteiger partial charge in [-0.1, -0.05) is 27.2 Å². The highest BCUT2D eigenvalue weighted by atomic mass is 15.0. The van der Waals surface area contributed by atoms with Crippen molar-refractivity contribution in [2.45, 2.75) is 52.5 Å². The molecule has 0 aliphatic carbocycles. The Balaban J connectivity index is 2.51. The van der Waals surface area contributed by atoms with Crippen LogP contribution in [0.25, 0.3) is 0 Å². The molecule has 0 amide bonds. The summed E-state index contributed by atoms with van der Waals surface area (Å²) in [4.78, 5) is 0. The van der Waals surface area contributed by atoms with Gasteiger partial charge in [-0.25, -0.2) is 0 Å². The fourth-order valence-electron chi connectivity index (χ4n) is 2.46. The molecule has 1 nitrogen and oxygen atoms in total. The Morgan fingerprint density at radius 3 is 2.73 bits per heavy atom. The van der Waals surface area contributed by atoms with E-state index >= 15 is 0 Å². The van der Waals surface area contributed by atoms with Gasteiger partial charge in [0.05, 0.1) is 0 Å². The molecule has 0 aromatic carbocycles. The molecule has 1 saturated heterocycles. The Morgan fingerprint density at radius 2 is 2.18 bits per heavy atom. The lowest BCUT2D eigenvalue weighted by molar-refractivity contribution is 0.249. The van der Waals surface area contributed by atoms with Crippen LogP contribution in [-0.4, -0.2) is 12.6 Å². The van der Waals surface area contributed by atoms with Gasteiger partial charge in [0, 0.05) is 6.04 Å². The molecule has 0 radical (unpaired) electrons. The van der Waals surface area contributed by atoms with Crippen molar-refractivity contribution >= 4 is 0 Å². The van der Waals surface area contributed by atoms with E-state index in [1.807, 2.05) is 0 Å². The van der Waals surface area contributed by atoms with E-state index in [2.05, 4.69) is 26.1 Å². The maximum atomic E-state index is 3.58. The van der Waals surface area contributed by atoms with Crippen LogP contribution in [0.15, 0.2) is 0 Å². The van der Waals surface area contributed by atoms with Crippen molar-refractivity contribution in [2.24, 2.45) is 5.41 Å². The third-order valence-corrected chi connectivity index (χ3v) is 3.16. The molecule has 0 saturated carbocycles. The van der Waals surface area contributed by atoms with Crippen LogP contribution in [0.5, 0.6) is 0 Å². The molecular formula is C10H21N. The first kappa shape index (κ1) is 9.05. The third kappa shape index (κ3) is 1.76. The second kappa shape index (κ2) is 3.57. The third-order valence-electron chi connectivity index (χ3n) is 3.16. The van der Waals surface area contributed by atoms with Crippen LogP contribution in [0.4, 0.5) is 0 Å². The molecule has 0 aromatic rings. The first-order chi connectivity index (χ1) is 5.23. The van der Waals surface area contributed by atoms with Crippen molar-refractivity contribution < 1.29 is 0 Å². The Kier molecular flexibility index (Phi) is 2.94. The zero-order valence-corrected chi connectivity index (χ0v) is 8.11. The molecule has 2 atom stereocenters. The minimum atomic E-state index is 0.601. The summed E-state index contributed by atoms with van der Waals surface area (Å²) in [6, 6.07) is 0.780. The minimum Gasteiger partial charge on any atom is -0.313 e. The molecule has 0 bridgehead atoms. The maximum absolute atomic E-state index is 3.58. The highest BCUT2D eigenvalue weighted by molar-refractivity contribution is 4.92. The monoisotopic (exact) mass is 155 g/mol. The van der Waals surface area contributed by atoms with Crippen LogP contribution in [0.3, 0.4) is 0 Å². The average molecular weight is 155 g/mol. The van der Waals surface area contributed by atoms with Gasteiger partial charge in [-0.2, -0.15) is 0 Å². The first-order valence-corrected chi connectivity index (χ1v) is 4.96. The lowest BCUT2D eigenvalue weighted by atomic mass is 9.78. The van der Waals surface area contributed by atoms with E-state index in [1.54, 1.807) is 0 Å². The molecule has 66 valence electrons. The fourth-order valence-corrected chi connectivity index (χ4v) is 2.46. The number of nitrogens with one attached hydrogen (secondary N) is 1. The first-order valence-electron chi connectivity index (χ1n) is 4.96. The minimum absolute atomic E-state index is 0.601. The average Bonchev–Trinajstić information content (AvgIpc) is 2.31. The van der Waals surface area contributed by atoms with Crippen molar-refractivity contribution in [3.05, 3.63) is 0 Å². The summed E-state index contributed by atoms with van der Waals surface area (Å²) < 4.78 is 0. The summed E-state index contributed by atoms with van der Waals surface area (Å²) in [5, 5.41) is 3.58. The van der Waals surface area contributed by atoms with E-state index in [0.29, 0.717) is 5.41 Å². The predicted octanol–water partition coefficient (Wildman–Crippen LogP) is 2.56. The van der Waals surface area contributed by atoms with Gasteiger partial charge < -0.3 is 5.32 Å². The standard InChI is InChI=1S/C10H21N/c1-4-6-10(3)7-8-11-9(10)5-2/h9,11H,4-8H2,1-3H3. The van der Waals surface area contributed by atoms with E-state index in [0.717, 1.165) is 6.04 Å². The van der Waals surface area contributed by atoms with Gasteiger partial charge in [0.25, 0.3) is 0 Å². The van der Waals surface area contributed by atoms with Crippen LogP contribution in [0.1, 0.15) is 46.5 Å². The summed E-state index contributed by atoms with van der Waals surface area (Å²) in [7, 11) is 0. The molecular weight excluding hydrogens is 134 g/mol. The van der Waals surface area contributed by atoms with E-state index in [-0.39, 0.29) is 0 Å². The van der Waals surface area contributed by atoms with Gasteiger partial charge in [0.2, 0.25) is 0 Å². The van der Waals surface area contributed by atoms with E-state index in [4.69, 9.17) is 0 Å². The largest absolute Gasteiger partial charge is 0.313 e. The quantitative estimate of drug-likeness (QED) is 0.660. The number of rotatable bonds is 3. The van der Waals surface area contributed by atoms with Gasteiger partial charge in [-0.05, 0) is 31.2 Å². The van der Waals surface area contributed by atoms with Gasteiger partial charge in [-0.15, -0.1) is 0 Å². The highest BCUT2D eigenvalue weighted by Crippen LogP contribution is 2.36. The number of hydrogen-bond donors (Lipinski definition) is 1. The molecule has 2 unspecified atom stereocenters. The molecule has 1 heteroatoms. The predicted molar refractivity (Wildman–Crippen MR) is 49.7 cm³/mol. The summed E-state index contributed by atoms with van der Waals surface area (Å²) in [5.41, 5.74) is 0.601. The zero-order valence-electron chi connectivity index (χ0n) is 8.11. The molecule has 0 aromatic heterocycles. The van der Waals surface area contributed by atoms with Gasteiger partial charge in [0.15, 0.2) is 0 Å². The smallest absolute Gasteiger partial charge is 0.0119 e. The highest BCUT2D eigenvalue weighted by Gasteiger charge is 2.35. The Bertz CT molecular complexity index is 122. The lowest BCUT2D eigenvalue weighted by Gasteiger charge is -2.30. The van der Waals surface area contributed by atoms with Gasteiger partial charge in [0.1, 0.15) is 0 Å². The van der Waals surface area contributed by atoms with Crippen molar-refractivity contribution in [2.75, 3.05) is 6.54 Å². The molecule has 1 aliphatic heterocycles. The molecule has 1 aliphatic rings. The summed E-state index contributed by atoms with van der Waals surface area (Å²) >= 11 is 0. The Labute approximate surface area is 70.6 Å². The zero-order chi connectivity index (χ0) is 8.32. The topological polar surface area (TPSA) is 12.0 Å². The van der Waals surface area contributed by atoms with Gasteiger partial charge in [-0.3, -0.25) is 0 Å². The van der Waals surface area contributed by atoms with Gasteiger partial charge >= 0.3 is 0 Å². The molecule has 1 fully saturated rings. The summed E-state index contributed by atoms with van der Waals surface area (Å²) in [6.07, 6.45) is 5.38. The maximum Gasteiger partial charge on any atom is 0.0119 e. The second-order valence-electron chi connectivity index (χ2n) is 4.07. The van der Waals surface area contributed by atoms with E-state index in [9.17, 15) is 0 Å². The van der Waals surface area contributed by atoms with Crippen LogP contribution in [0, 0.1) is 5.41 Å². The Morgan fingerprint density at radius 1 is 1.45 bits per heavy atom. The summed E-state index contributed by atoms with van der Waals surface area (Å²) in [6.45, 7) is 8.24. The molecule has 11 heavy (non-hydrogen) atoms. The molecule has 1 heterocycles. The van der Waals surface area contributed by atoms with Crippen molar-refractivity contribution in [1.29, 1.82) is 0 Å². The van der Waals surface area contributed by atoms with E-state index < -0.39 is 0 Å². The fraction of sp³-hybridized carbons (Fsp3) is 1.00. The van der Waals surface area contributed by atoms with Crippen LogP contribution >= 0.6 is 0 Å². The lowest BCUT2D eigenvalue weighted by Crippen LogP contribution is -2.33. The molecule has 1 N–H and O–H groups in total. The SMILES string of the molecule is CCCC1(C)CCNC1CC. The van der Waals surface area contributed by atoms with E-state index in [1.165, 1.54) is 32.2 Å². The normalized spacial score (nSPS) is 37.9. The molecule has 1 rings (SSSR count). The van der Waals surface area contributed by atoms with Crippen molar-refractivity contribution in [3.8, 4) is 0 Å². The van der Waals surface area contributed by atoms with Crippen LogP contribution in [-0.2, 0) is 0 Å². The van der Waals surface area contributed by atoms with Crippen LogP contribution < -0.4 is 5.32 Å². The van der Waals surface area contributed by atoms with Crippen LogP contribution in [0.2, 0.25) is 0 Å². The Hall–Kier alpha value is -0.0400. The molecule has 0 spiro atoms. The van der Waals surface area contributed by atoms with Crippen molar-refractivity contribution in [3.63, 3.8) is 0 Å². The second-order valence-corrected chi connectivity index (χ2v) is 4.07.